The second kappa shape index (κ2) is 5.13. The van der Waals surface area contributed by atoms with Crippen LogP contribution in [0.3, 0.4) is 0 Å². The van der Waals surface area contributed by atoms with Crippen molar-refractivity contribution in [3.05, 3.63) is 29.0 Å². The van der Waals surface area contributed by atoms with Gasteiger partial charge in [0, 0.05) is 0 Å². The molecule has 58 valence electrons. The summed E-state index contributed by atoms with van der Waals surface area (Å²) in [7, 11) is 5.25. The van der Waals surface area contributed by atoms with Crippen LogP contribution in [0.15, 0.2) is 18.2 Å². The predicted molar refractivity (Wildman–Crippen MR) is 40.7 cm³/mol. The Morgan fingerprint density at radius 1 is 1.27 bits per heavy atom. The molecule has 0 saturated heterocycles. The SMILES string of the molecule is [B+2]c1cc(F)ccc1Cl.[OH-].[OH-]. The van der Waals surface area contributed by atoms with Crippen molar-refractivity contribution >= 4 is 24.9 Å². The van der Waals surface area contributed by atoms with Crippen LogP contribution in [0.1, 0.15) is 0 Å². The molecule has 0 aliphatic heterocycles. The number of halogens is 2. The van der Waals surface area contributed by atoms with E-state index in [9.17, 15) is 4.39 Å². The van der Waals surface area contributed by atoms with Crippen LogP contribution in [0.25, 0.3) is 0 Å². The maximum atomic E-state index is 12.2. The standard InChI is InChI=1S/C6H3BClF.2H2O/c7-5-3-4(9)1-2-6(5)8;;/h1-3H;2*1H2/q+2;;/p-2. The molecule has 1 rings (SSSR count). The van der Waals surface area contributed by atoms with Crippen molar-refractivity contribution < 1.29 is 15.3 Å². The van der Waals surface area contributed by atoms with E-state index in [1.165, 1.54) is 18.2 Å². The Morgan fingerprint density at radius 3 is 2.18 bits per heavy atom. The maximum Gasteiger partial charge on any atom is -0.870 e. The zero-order valence-corrected chi connectivity index (χ0v) is 6.22. The summed E-state index contributed by atoms with van der Waals surface area (Å²) in [6, 6.07) is 3.87. The number of rotatable bonds is 0. The van der Waals surface area contributed by atoms with Gasteiger partial charge < -0.3 is 11.0 Å². The second-order valence-electron chi connectivity index (χ2n) is 1.67. The molecule has 0 saturated carbocycles. The Morgan fingerprint density at radius 2 is 1.82 bits per heavy atom. The van der Waals surface area contributed by atoms with Crippen LogP contribution in [0, 0.1) is 5.82 Å². The van der Waals surface area contributed by atoms with Gasteiger partial charge in [-0.25, -0.2) is 0 Å². The zero-order chi connectivity index (χ0) is 6.85. The van der Waals surface area contributed by atoms with Crippen LogP contribution in [-0.2, 0) is 0 Å². The fourth-order valence-corrected chi connectivity index (χ4v) is 0.632. The van der Waals surface area contributed by atoms with Gasteiger partial charge in [0.25, 0.3) is 0 Å². The summed E-state index contributed by atoms with van der Waals surface area (Å²) in [4.78, 5) is 0. The number of hydrogen-bond acceptors (Lipinski definition) is 2. The molecular weight excluding hydrogens is 169 g/mol. The fourth-order valence-electron chi connectivity index (χ4n) is 0.515. The zero-order valence-electron chi connectivity index (χ0n) is 5.46. The normalized spacial score (nSPS) is 8.00. The van der Waals surface area contributed by atoms with Gasteiger partial charge >= 0.3 is 58.3 Å². The third-order valence-corrected chi connectivity index (χ3v) is 1.30. The number of benzene rings is 1. The molecule has 0 amide bonds. The van der Waals surface area contributed by atoms with Crippen LogP contribution < -0.4 is 5.46 Å². The van der Waals surface area contributed by atoms with Crippen LogP contribution >= 0.6 is 11.6 Å². The van der Waals surface area contributed by atoms with E-state index in [1.807, 2.05) is 0 Å². The molecule has 0 radical (unpaired) electrons. The summed E-state index contributed by atoms with van der Waals surface area (Å²) in [5, 5.41) is 0.386. The Bertz CT molecular complexity index is 232. The minimum Gasteiger partial charge on any atom is -0.870 e. The van der Waals surface area contributed by atoms with E-state index in [1.54, 1.807) is 0 Å². The smallest absolute Gasteiger partial charge is 0.870 e. The first-order valence-corrected chi connectivity index (χ1v) is 2.78. The van der Waals surface area contributed by atoms with E-state index < -0.39 is 0 Å². The van der Waals surface area contributed by atoms with Crippen molar-refractivity contribution in [3.8, 4) is 0 Å². The predicted octanol–water partition coefficient (Wildman–Crippen LogP) is 0.919. The number of hydrogen-bond donors (Lipinski definition) is 0. The molecule has 1 aromatic rings. The van der Waals surface area contributed by atoms with E-state index in [2.05, 4.69) is 0 Å². The van der Waals surface area contributed by atoms with Gasteiger partial charge in [-0.2, -0.15) is 0 Å². The summed E-state index contributed by atoms with van der Waals surface area (Å²) in [5.74, 6) is -0.364. The third kappa shape index (κ3) is 3.37. The van der Waals surface area contributed by atoms with Crippen LogP contribution in [-0.4, -0.2) is 18.8 Å². The molecule has 0 aromatic heterocycles. The monoisotopic (exact) mass is 174 g/mol. The minimum atomic E-state index is -0.364. The van der Waals surface area contributed by atoms with Crippen LogP contribution in [0.5, 0.6) is 0 Å². The summed E-state index contributed by atoms with van der Waals surface area (Å²) >= 11 is 5.49. The van der Waals surface area contributed by atoms with Gasteiger partial charge in [0.05, 0.1) is 0 Å². The summed E-state index contributed by atoms with van der Waals surface area (Å²) < 4.78 is 12.2. The quantitative estimate of drug-likeness (QED) is 0.549. The molecule has 2 N–H and O–H groups in total. The molecule has 0 fully saturated rings. The van der Waals surface area contributed by atoms with E-state index >= 15 is 0 Å². The molecule has 2 nitrogen and oxygen atoms in total. The molecule has 0 atom stereocenters. The summed E-state index contributed by atoms with van der Waals surface area (Å²) in [6.07, 6.45) is 0. The third-order valence-electron chi connectivity index (χ3n) is 0.958. The maximum absolute atomic E-state index is 12.2. The van der Waals surface area contributed by atoms with Crippen LogP contribution in [0.4, 0.5) is 4.39 Å². The first kappa shape index (κ1) is 13.0. The summed E-state index contributed by atoms with van der Waals surface area (Å²) in [6.45, 7) is 0. The van der Waals surface area contributed by atoms with E-state index in [4.69, 9.17) is 19.4 Å². The molecule has 0 aliphatic rings. The molecule has 0 bridgehead atoms. The van der Waals surface area contributed by atoms with Crippen molar-refractivity contribution in [2.45, 2.75) is 0 Å². The molecule has 11 heavy (non-hydrogen) atoms. The molecular formula is C6H5BClFO2. The van der Waals surface area contributed by atoms with E-state index in [0.29, 0.717) is 5.02 Å². The summed E-state index contributed by atoms with van der Waals surface area (Å²) in [5.41, 5.74) is 0.275. The minimum absolute atomic E-state index is 0. The molecule has 0 spiro atoms. The molecule has 0 aliphatic carbocycles. The Balaban J connectivity index is 0. The van der Waals surface area contributed by atoms with E-state index in [-0.39, 0.29) is 22.2 Å². The van der Waals surface area contributed by atoms with Gasteiger partial charge in [0.15, 0.2) is 0 Å². The van der Waals surface area contributed by atoms with Gasteiger partial charge in [-0.15, -0.1) is 0 Å². The van der Waals surface area contributed by atoms with Gasteiger partial charge in [-0.05, 0) is 0 Å². The average molecular weight is 174 g/mol. The average Bonchev–Trinajstić information content (AvgIpc) is 1.80. The van der Waals surface area contributed by atoms with Gasteiger partial charge in [-0.3, -0.25) is 0 Å². The topological polar surface area (TPSA) is 60.0 Å². The van der Waals surface area contributed by atoms with E-state index in [0.717, 1.165) is 0 Å². The van der Waals surface area contributed by atoms with Crippen molar-refractivity contribution in [2.24, 2.45) is 0 Å². The molecule has 0 heterocycles. The van der Waals surface area contributed by atoms with Crippen molar-refractivity contribution in [1.29, 1.82) is 0 Å². The first-order chi connectivity index (χ1) is 4.20. The molecule has 5 heteroatoms. The van der Waals surface area contributed by atoms with Crippen molar-refractivity contribution in [1.82, 2.24) is 0 Å². The molecule has 1 aromatic carbocycles. The van der Waals surface area contributed by atoms with Gasteiger partial charge in [0.2, 0.25) is 0 Å². The Hall–Kier alpha value is -0.575. The Labute approximate surface area is 70.0 Å². The largest absolute Gasteiger partial charge is 0.870 e. The van der Waals surface area contributed by atoms with Gasteiger partial charge in [0.1, 0.15) is 0 Å². The van der Waals surface area contributed by atoms with Gasteiger partial charge in [-0.1, -0.05) is 0 Å². The Kier molecular flexibility index (Phi) is 6.08. The second-order valence-corrected chi connectivity index (χ2v) is 2.07. The van der Waals surface area contributed by atoms with Crippen molar-refractivity contribution in [2.75, 3.05) is 0 Å². The first-order valence-electron chi connectivity index (χ1n) is 2.40. The van der Waals surface area contributed by atoms with Crippen molar-refractivity contribution in [3.63, 3.8) is 0 Å². The molecule has 0 unspecified atom stereocenters. The fraction of sp³-hybridized carbons (Fsp3) is 0. The van der Waals surface area contributed by atoms with Crippen LogP contribution in [0.2, 0.25) is 5.02 Å².